The first-order chi connectivity index (χ1) is 15.5. The number of ether oxygens (including phenoxy) is 3. The molecule has 1 aliphatic heterocycles. The monoisotopic (exact) mass is 496 g/mol. The molecule has 0 spiro atoms. The third-order valence-electron chi connectivity index (χ3n) is 4.91. The molecular formula is C24H21BrN2O5. The zero-order valence-electron chi connectivity index (χ0n) is 17.5. The Morgan fingerprint density at radius 1 is 1.09 bits per heavy atom. The minimum atomic E-state index is -0.933. The van der Waals surface area contributed by atoms with Crippen molar-refractivity contribution < 1.29 is 24.1 Å². The zero-order chi connectivity index (χ0) is 22.7. The number of hydrazone groups is 1. The number of hydrogen-bond acceptors (Lipinski definition) is 6. The van der Waals surface area contributed by atoms with Gasteiger partial charge in [-0.3, -0.25) is 4.79 Å². The number of rotatable bonds is 6. The van der Waals surface area contributed by atoms with E-state index in [1.165, 1.54) is 19.0 Å². The molecule has 0 aliphatic carbocycles. The number of halogens is 1. The van der Waals surface area contributed by atoms with Crippen LogP contribution in [0.2, 0.25) is 0 Å². The maximum absolute atomic E-state index is 12.3. The quantitative estimate of drug-likeness (QED) is 0.520. The second-order valence-electron chi connectivity index (χ2n) is 7.05. The van der Waals surface area contributed by atoms with Crippen LogP contribution in [0.5, 0.6) is 17.2 Å². The minimum absolute atomic E-state index is 0.109. The highest BCUT2D eigenvalue weighted by Gasteiger charge is 2.36. The Morgan fingerprint density at radius 3 is 2.53 bits per heavy atom. The second-order valence-corrected chi connectivity index (χ2v) is 7.96. The fraction of sp³-hybridized carbons (Fsp3) is 0.167. The molecule has 3 aromatic rings. The van der Waals surface area contributed by atoms with Crippen molar-refractivity contribution in [3.05, 3.63) is 87.9 Å². The molecule has 0 saturated carbocycles. The van der Waals surface area contributed by atoms with Crippen molar-refractivity contribution >= 4 is 27.7 Å². The van der Waals surface area contributed by atoms with Gasteiger partial charge in [0.05, 0.1) is 18.2 Å². The van der Waals surface area contributed by atoms with Gasteiger partial charge in [0.25, 0.3) is 0 Å². The van der Waals surface area contributed by atoms with Gasteiger partial charge in [-0.1, -0.05) is 46.3 Å². The fourth-order valence-electron chi connectivity index (χ4n) is 3.29. The number of benzene rings is 3. The molecule has 0 aromatic heterocycles. The summed E-state index contributed by atoms with van der Waals surface area (Å²) < 4.78 is 18.2. The first-order valence-electron chi connectivity index (χ1n) is 9.85. The van der Waals surface area contributed by atoms with Gasteiger partial charge in [0.2, 0.25) is 18.0 Å². The van der Waals surface area contributed by atoms with Gasteiger partial charge in [0, 0.05) is 11.4 Å². The van der Waals surface area contributed by atoms with E-state index in [1.807, 2.05) is 48.5 Å². The van der Waals surface area contributed by atoms with E-state index in [1.54, 1.807) is 18.2 Å². The fourth-order valence-corrected chi connectivity index (χ4v) is 3.56. The van der Waals surface area contributed by atoms with Crippen LogP contribution in [0.15, 0.2) is 76.3 Å². The molecule has 0 saturated heterocycles. The normalized spacial score (nSPS) is 15.2. The number of carbonyl (C=O) groups excluding carboxylic acids is 1. The largest absolute Gasteiger partial charge is 0.504 e. The topological polar surface area (TPSA) is 80.6 Å². The van der Waals surface area contributed by atoms with Gasteiger partial charge in [0.1, 0.15) is 12.4 Å². The van der Waals surface area contributed by atoms with Gasteiger partial charge in [-0.2, -0.15) is 5.01 Å². The van der Waals surface area contributed by atoms with Gasteiger partial charge >= 0.3 is 0 Å². The van der Waals surface area contributed by atoms with E-state index in [9.17, 15) is 9.90 Å². The third kappa shape index (κ3) is 4.40. The van der Waals surface area contributed by atoms with E-state index in [0.717, 1.165) is 10.0 Å². The highest BCUT2D eigenvalue weighted by molar-refractivity contribution is 9.10. The van der Waals surface area contributed by atoms with Crippen LogP contribution in [-0.2, 0) is 16.1 Å². The van der Waals surface area contributed by atoms with Crippen molar-refractivity contribution in [3.8, 4) is 17.2 Å². The lowest BCUT2D eigenvalue weighted by Gasteiger charge is -2.21. The molecule has 1 N–H and O–H groups in total. The van der Waals surface area contributed by atoms with Crippen molar-refractivity contribution in [2.24, 2.45) is 5.10 Å². The summed E-state index contributed by atoms with van der Waals surface area (Å²) in [6.45, 7) is 1.74. The number of para-hydroxylation sites is 2. The van der Waals surface area contributed by atoms with Crippen molar-refractivity contribution in [3.63, 3.8) is 0 Å². The maximum atomic E-state index is 12.3. The molecule has 1 heterocycles. The van der Waals surface area contributed by atoms with Gasteiger partial charge < -0.3 is 19.3 Å². The first-order valence-corrected chi connectivity index (χ1v) is 10.6. The Hall–Kier alpha value is -3.52. The summed E-state index contributed by atoms with van der Waals surface area (Å²) in [5.41, 5.74) is 1.97. The summed E-state index contributed by atoms with van der Waals surface area (Å²) >= 11 is 3.42. The van der Waals surface area contributed by atoms with Crippen LogP contribution in [0.25, 0.3) is 0 Å². The van der Waals surface area contributed by atoms with Gasteiger partial charge in [0.15, 0.2) is 11.5 Å². The van der Waals surface area contributed by atoms with Crippen molar-refractivity contribution in [1.29, 1.82) is 0 Å². The molecule has 0 bridgehead atoms. The molecule has 1 atom stereocenters. The van der Waals surface area contributed by atoms with E-state index in [-0.39, 0.29) is 23.3 Å². The third-order valence-corrected chi connectivity index (χ3v) is 5.44. The Labute approximate surface area is 194 Å². The van der Waals surface area contributed by atoms with Crippen LogP contribution < -0.4 is 9.47 Å². The van der Waals surface area contributed by atoms with Gasteiger partial charge in [-0.25, -0.2) is 0 Å². The Balaban J connectivity index is 1.62. The Bertz CT molecular complexity index is 1160. The number of hydrogen-bond donors (Lipinski definition) is 1. The van der Waals surface area contributed by atoms with E-state index in [0.29, 0.717) is 23.5 Å². The molecular weight excluding hydrogens is 476 g/mol. The smallest absolute Gasteiger partial charge is 0.244 e. The average molecular weight is 497 g/mol. The predicted molar refractivity (Wildman–Crippen MR) is 122 cm³/mol. The van der Waals surface area contributed by atoms with Crippen LogP contribution >= 0.6 is 15.9 Å². The number of methoxy groups -OCH3 is 1. The summed E-state index contributed by atoms with van der Waals surface area (Å²) in [6.07, 6.45) is -0.933. The van der Waals surface area contributed by atoms with Gasteiger partial charge in [-0.15, -0.1) is 5.10 Å². The van der Waals surface area contributed by atoms with Crippen LogP contribution in [0, 0.1) is 0 Å². The Kier molecular flexibility index (Phi) is 6.32. The van der Waals surface area contributed by atoms with Crippen molar-refractivity contribution in [2.45, 2.75) is 19.8 Å². The molecule has 0 fully saturated rings. The number of phenolic OH excluding ortho intramolecular Hbond substituents is 1. The molecule has 1 aliphatic rings. The van der Waals surface area contributed by atoms with E-state index in [4.69, 9.17) is 14.2 Å². The SMILES string of the molecule is COc1cccc([C@H]2OC(c3ccccc3OCc3ccc(Br)cc3)=NN2C(C)=O)c1O. The number of nitrogens with zero attached hydrogens (tertiary/aromatic N) is 2. The van der Waals surface area contributed by atoms with Crippen molar-refractivity contribution in [2.75, 3.05) is 7.11 Å². The molecule has 8 heteroatoms. The summed E-state index contributed by atoms with van der Waals surface area (Å²) in [7, 11) is 1.46. The van der Waals surface area contributed by atoms with E-state index < -0.39 is 6.23 Å². The lowest BCUT2D eigenvalue weighted by molar-refractivity contribution is -0.135. The van der Waals surface area contributed by atoms with Crippen LogP contribution in [0.3, 0.4) is 0 Å². The highest BCUT2D eigenvalue weighted by Crippen LogP contribution is 2.40. The molecule has 32 heavy (non-hydrogen) atoms. The lowest BCUT2D eigenvalue weighted by Crippen LogP contribution is -2.25. The molecule has 4 rings (SSSR count). The van der Waals surface area contributed by atoms with Crippen molar-refractivity contribution in [1.82, 2.24) is 5.01 Å². The van der Waals surface area contributed by atoms with Crippen LogP contribution in [0.4, 0.5) is 0 Å². The highest BCUT2D eigenvalue weighted by atomic mass is 79.9. The second kappa shape index (κ2) is 9.32. The zero-order valence-corrected chi connectivity index (χ0v) is 19.1. The number of amides is 1. The number of phenols is 1. The summed E-state index contributed by atoms with van der Waals surface area (Å²) in [5, 5.41) is 16.1. The van der Waals surface area contributed by atoms with Crippen LogP contribution in [-0.4, -0.2) is 29.0 Å². The standard InChI is InChI=1S/C24H21BrN2O5/c1-15(28)27-24(19-7-5-9-21(30-2)22(19)29)32-23(26-27)18-6-3-4-8-20(18)31-14-16-10-12-17(25)13-11-16/h3-13,24,29H,14H2,1-2H3/t24-/m1/s1. The maximum Gasteiger partial charge on any atom is 0.244 e. The molecule has 0 unspecified atom stereocenters. The number of aromatic hydroxyl groups is 1. The molecule has 3 aromatic carbocycles. The number of carbonyl (C=O) groups is 1. The summed E-state index contributed by atoms with van der Waals surface area (Å²) in [6, 6.07) is 20.1. The predicted octanol–water partition coefficient (Wildman–Crippen LogP) is 4.98. The summed E-state index contributed by atoms with van der Waals surface area (Å²) in [5.74, 6) is 0.622. The molecule has 7 nitrogen and oxygen atoms in total. The average Bonchev–Trinajstić information content (AvgIpc) is 3.24. The molecule has 1 amide bonds. The lowest BCUT2D eigenvalue weighted by atomic mass is 10.1. The van der Waals surface area contributed by atoms with E-state index >= 15 is 0 Å². The molecule has 0 radical (unpaired) electrons. The molecule has 164 valence electrons. The Morgan fingerprint density at radius 2 is 1.81 bits per heavy atom. The van der Waals surface area contributed by atoms with Crippen LogP contribution in [0.1, 0.15) is 29.8 Å². The van der Waals surface area contributed by atoms with E-state index in [2.05, 4.69) is 21.0 Å². The first kappa shape index (κ1) is 21.7. The minimum Gasteiger partial charge on any atom is -0.504 e. The summed E-state index contributed by atoms with van der Waals surface area (Å²) in [4.78, 5) is 12.3. The van der Waals surface area contributed by atoms with Gasteiger partial charge in [-0.05, 0) is 42.0 Å².